The molecule has 0 spiro atoms. The third-order valence-electron chi connectivity index (χ3n) is 1.70. The summed E-state index contributed by atoms with van der Waals surface area (Å²) in [5.41, 5.74) is 6.76. The van der Waals surface area contributed by atoms with Gasteiger partial charge >= 0.3 is 0 Å². The maximum absolute atomic E-state index is 5.53. The van der Waals surface area contributed by atoms with Gasteiger partial charge in [-0.25, -0.2) is 4.98 Å². The van der Waals surface area contributed by atoms with Crippen LogP contribution in [0, 0.1) is 0 Å². The summed E-state index contributed by atoms with van der Waals surface area (Å²) < 4.78 is 0. The lowest BCUT2D eigenvalue weighted by Gasteiger charge is -1.95. The second kappa shape index (κ2) is 3.53. The fourth-order valence-electron chi connectivity index (χ4n) is 1.11. The fraction of sp³-hybridized carbons (Fsp3) is 0.111. The van der Waals surface area contributed by atoms with Crippen molar-refractivity contribution >= 4 is 16.5 Å². The first-order valence-corrected chi connectivity index (χ1v) is 4.75. The Balaban J connectivity index is 2.15. The summed E-state index contributed by atoms with van der Waals surface area (Å²) >= 11 is 1.53. The average molecular weight is 191 g/mol. The van der Waals surface area contributed by atoms with Crippen molar-refractivity contribution in [2.45, 2.75) is 6.42 Å². The molecule has 0 aliphatic carbocycles. The molecule has 0 radical (unpaired) electrons. The van der Waals surface area contributed by atoms with E-state index >= 15 is 0 Å². The Morgan fingerprint density at radius 3 is 2.69 bits per heavy atom. The van der Waals surface area contributed by atoms with Crippen LogP contribution in [-0.4, -0.2) is 9.97 Å². The van der Waals surface area contributed by atoms with E-state index in [-0.39, 0.29) is 0 Å². The van der Waals surface area contributed by atoms with Gasteiger partial charge in [0.05, 0.1) is 0 Å². The van der Waals surface area contributed by atoms with Gasteiger partial charge in [-0.2, -0.15) is 0 Å². The highest BCUT2D eigenvalue weighted by Crippen LogP contribution is 2.17. The van der Waals surface area contributed by atoms with E-state index in [1.807, 2.05) is 18.3 Å². The molecule has 13 heavy (non-hydrogen) atoms. The summed E-state index contributed by atoms with van der Waals surface area (Å²) in [7, 11) is 0. The van der Waals surface area contributed by atoms with Crippen molar-refractivity contribution in [2.75, 3.05) is 5.73 Å². The van der Waals surface area contributed by atoms with Crippen LogP contribution < -0.4 is 5.73 Å². The van der Waals surface area contributed by atoms with Crippen LogP contribution in [-0.2, 0) is 6.42 Å². The van der Waals surface area contributed by atoms with Gasteiger partial charge < -0.3 is 5.73 Å². The van der Waals surface area contributed by atoms with Crippen molar-refractivity contribution in [1.82, 2.24) is 9.97 Å². The van der Waals surface area contributed by atoms with Gasteiger partial charge in [0.25, 0.3) is 0 Å². The Hall–Kier alpha value is -1.42. The van der Waals surface area contributed by atoms with E-state index in [4.69, 9.17) is 5.73 Å². The van der Waals surface area contributed by atoms with Crippen molar-refractivity contribution in [3.05, 3.63) is 41.2 Å². The van der Waals surface area contributed by atoms with Crippen molar-refractivity contribution in [2.24, 2.45) is 0 Å². The SMILES string of the molecule is Nc1ncc(Cc2ccncc2)s1. The summed E-state index contributed by atoms with van der Waals surface area (Å²) in [5.74, 6) is 0. The van der Waals surface area contributed by atoms with Gasteiger partial charge in [-0.3, -0.25) is 4.98 Å². The molecule has 2 aromatic rings. The number of nitrogen functional groups attached to an aromatic ring is 1. The lowest BCUT2D eigenvalue weighted by molar-refractivity contribution is 1.18. The fourth-order valence-corrected chi connectivity index (χ4v) is 1.82. The monoisotopic (exact) mass is 191 g/mol. The van der Waals surface area contributed by atoms with Crippen LogP contribution in [0.4, 0.5) is 5.13 Å². The summed E-state index contributed by atoms with van der Waals surface area (Å²) in [5, 5.41) is 0.629. The van der Waals surface area contributed by atoms with E-state index < -0.39 is 0 Å². The minimum Gasteiger partial charge on any atom is -0.375 e. The summed E-state index contributed by atoms with van der Waals surface area (Å²) in [4.78, 5) is 9.13. The molecule has 0 saturated heterocycles. The molecule has 0 fully saturated rings. The molecule has 0 atom stereocenters. The van der Waals surface area contributed by atoms with Crippen molar-refractivity contribution in [3.8, 4) is 0 Å². The van der Waals surface area contributed by atoms with Crippen LogP contribution in [0.15, 0.2) is 30.7 Å². The molecule has 0 amide bonds. The Morgan fingerprint density at radius 2 is 2.08 bits per heavy atom. The number of anilines is 1. The Bertz CT molecular complexity index is 383. The van der Waals surface area contributed by atoms with Crippen LogP contribution in [0.3, 0.4) is 0 Å². The molecule has 0 bridgehead atoms. The molecule has 0 unspecified atom stereocenters. The maximum Gasteiger partial charge on any atom is 0.180 e. The third-order valence-corrected chi connectivity index (χ3v) is 2.53. The average Bonchev–Trinajstić information content (AvgIpc) is 2.53. The Morgan fingerprint density at radius 1 is 1.31 bits per heavy atom. The van der Waals surface area contributed by atoms with Gasteiger partial charge in [0, 0.05) is 29.9 Å². The minimum absolute atomic E-state index is 0.629. The highest BCUT2D eigenvalue weighted by Gasteiger charge is 1.99. The molecule has 0 aliphatic heterocycles. The number of nitrogens with zero attached hydrogens (tertiary/aromatic N) is 2. The minimum atomic E-state index is 0.629. The number of pyridine rings is 1. The second-order valence-electron chi connectivity index (χ2n) is 2.70. The number of aromatic nitrogens is 2. The summed E-state index contributed by atoms with van der Waals surface area (Å²) in [6, 6.07) is 3.99. The normalized spacial score (nSPS) is 10.2. The van der Waals surface area contributed by atoms with E-state index in [2.05, 4.69) is 9.97 Å². The number of hydrogen-bond acceptors (Lipinski definition) is 4. The highest BCUT2D eigenvalue weighted by molar-refractivity contribution is 7.15. The molecule has 66 valence electrons. The third kappa shape index (κ3) is 2.03. The number of rotatable bonds is 2. The van der Waals surface area contributed by atoms with Crippen LogP contribution in [0.2, 0.25) is 0 Å². The largest absolute Gasteiger partial charge is 0.375 e. The van der Waals surface area contributed by atoms with E-state index in [9.17, 15) is 0 Å². The van der Waals surface area contributed by atoms with E-state index in [1.54, 1.807) is 12.4 Å². The Labute approximate surface area is 80.3 Å². The van der Waals surface area contributed by atoms with Gasteiger partial charge in [0.2, 0.25) is 0 Å². The van der Waals surface area contributed by atoms with Crippen molar-refractivity contribution in [1.29, 1.82) is 0 Å². The van der Waals surface area contributed by atoms with Gasteiger partial charge in [-0.15, -0.1) is 11.3 Å². The van der Waals surface area contributed by atoms with Crippen molar-refractivity contribution < 1.29 is 0 Å². The summed E-state index contributed by atoms with van der Waals surface area (Å²) in [6.45, 7) is 0. The molecule has 3 nitrogen and oxygen atoms in total. The van der Waals surface area contributed by atoms with Crippen LogP contribution in [0.5, 0.6) is 0 Å². The van der Waals surface area contributed by atoms with E-state index in [0.717, 1.165) is 6.42 Å². The predicted octanol–water partition coefficient (Wildman–Crippen LogP) is 1.71. The van der Waals surface area contributed by atoms with E-state index in [1.165, 1.54) is 21.8 Å². The topological polar surface area (TPSA) is 51.8 Å². The zero-order valence-corrected chi connectivity index (χ0v) is 7.79. The molecule has 4 heteroatoms. The van der Waals surface area contributed by atoms with Gasteiger partial charge in [-0.1, -0.05) is 0 Å². The molecule has 0 aromatic carbocycles. The molecular formula is C9H9N3S. The van der Waals surface area contributed by atoms with E-state index in [0.29, 0.717) is 5.13 Å². The molecule has 0 aliphatic rings. The Kier molecular flexibility index (Phi) is 2.23. The molecule has 0 saturated carbocycles. The maximum atomic E-state index is 5.53. The number of hydrogen-bond donors (Lipinski definition) is 1. The van der Waals surface area contributed by atoms with Crippen LogP contribution in [0.1, 0.15) is 10.4 Å². The standard InChI is InChI=1S/C9H9N3S/c10-9-12-6-8(13-9)5-7-1-3-11-4-2-7/h1-4,6H,5H2,(H2,10,12). The molecule has 2 heterocycles. The first kappa shape index (κ1) is 8.19. The smallest absolute Gasteiger partial charge is 0.180 e. The highest BCUT2D eigenvalue weighted by atomic mass is 32.1. The molecule has 2 aromatic heterocycles. The number of nitrogens with two attached hydrogens (primary N) is 1. The summed E-state index contributed by atoms with van der Waals surface area (Å²) in [6.07, 6.45) is 6.29. The van der Waals surface area contributed by atoms with Gasteiger partial charge in [0.1, 0.15) is 0 Å². The molecular weight excluding hydrogens is 182 g/mol. The first-order chi connectivity index (χ1) is 6.34. The molecule has 2 N–H and O–H groups in total. The van der Waals surface area contributed by atoms with Crippen molar-refractivity contribution in [3.63, 3.8) is 0 Å². The lowest BCUT2D eigenvalue weighted by Crippen LogP contribution is -1.83. The zero-order valence-electron chi connectivity index (χ0n) is 6.97. The van der Waals surface area contributed by atoms with Gasteiger partial charge in [0.15, 0.2) is 5.13 Å². The van der Waals surface area contributed by atoms with Crippen LogP contribution in [0.25, 0.3) is 0 Å². The lowest BCUT2D eigenvalue weighted by atomic mass is 10.2. The van der Waals surface area contributed by atoms with Crippen LogP contribution >= 0.6 is 11.3 Å². The quantitative estimate of drug-likeness (QED) is 0.786. The first-order valence-electron chi connectivity index (χ1n) is 3.93. The number of thiazole rings is 1. The molecule has 2 rings (SSSR count). The predicted molar refractivity (Wildman–Crippen MR) is 53.6 cm³/mol. The second-order valence-corrected chi connectivity index (χ2v) is 3.84. The van der Waals surface area contributed by atoms with Gasteiger partial charge in [-0.05, 0) is 17.7 Å². The zero-order chi connectivity index (χ0) is 9.10.